The highest BCUT2D eigenvalue weighted by molar-refractivity contribution is 5.76. The van der Waals surface area contributed by atoms with E-state index in [0.717, 1.165) is 6.42 Å². The standard InChI is InChI=1S/C15H21F2NO3/c1-4-10(2)13(14(19)20-3)18-9-11-7-5-6-8-12(11)21-15(16)17/h5-8,10,13,15,18H,4,9H2,1-3H3. The Labute approximate surface area is 123 Å². The maximum absolute atomic E-state index is 12.3. The number of halogens is 2. The number of alkyl halides is 2. The molecule has 0 bridgehead atoms. The number of para-hydroxylation sites is 1. The SMILES string of the molecule is CCC(C)C(NCc1ccccc1OC(F)F)C(=O)OC. The largest absolute Gasteiger partial charge is 0.468 e. The first-order chi connectivity index (χ1) is 9.99. The van der Waals surface area contributed by atoms with Gasteiger partial charge in [0.25, 0.3) is 0 Å². The summed E-state index contributed by atoms with van der Waals surface area (Å²) in [7, 11) is 1.33. The predicted molar refractivity (Wildman–Crippen MR) is 75.2 cm³/mol. The fourth-order valence-corrected chi connectivity index (χ4v) is 1.96. The van der Waals surface area contributed by atoms with E-state index in [-0.39, 0.29) is 24.2 Å². The first-order valence-electron chi connectivity index (χ1n) is 6.83. The lowest BCUT2D eigenvalue weighted by molar-refractivity contribution is -0.144. The van der Waals surface area contributed by atoms with Crippen LogP contribution in [0, 0.1) is 5.92 Å². The summed E-state index contributed by atoms with van der Waals surface area (Å²) in [5.41, 5.74) is 0.565. The van der Waals surface area contributed by atoms with Gasteiger partial charge in [0.2, 0.25) is 0 Å². The van der Waals surface area contributed by atoms with Gasteiger partial charge in [0.05, 0.1) is 7.11 Å². The van der Waals surface area contributed by atoms with Crippen molar-refractivity contribution in [2.45, 2.75) is 39.5 Å². The minimum atomic E-state index is -2.88. The van der Waals surface area contributed by atoms with Gasteiger partial charge in [-0.1, -0.05) is 38.5 Å². The monoisotopic (exact) mass is 301 g/mol. The van der Waals surface area contributed by atoms with Crippen LogP contribution in [0.5, 0.6) is 5.75 Å². The smallest absolute Gasteiger partial charge is 0.387 e. The van der Waals surface area contributed by atoms with E-state index >= 15 is 0 Å². The Kier molecular flexibility index (Phi) is 7.08. The van der Waals surface area contributed by atoms with E-state index in [1.165, 1.54) is 13.2 Å². The van der Waals surface area contributed by atoms with E-state index < -0.39 is 12.7 Å². The molecule has 0 heterocycles. The van der Waals surface area contributed by atoms with Gasteiger partial charge < -0.3 is 9.47 Å². The molecule has 118 valence electrons. The van der Waals surface area contributed by atoms with Crippen molar-refractivity contribution in [1.82, 2.24) is 5.32 Å². The van der Waals surface area contributed by atoms with Crippen LogP contribution in [0.2, 0.25) is 0 Å². The van der Waals surface area contributed by atoms with Crippen molar-refractivity contribution in [3.05, 3.63) is 29.8 Å². The fourth-order valence-electron chi connectivity index (χ4n) is 1.96. The molecule has 0 radical (unpaired) electrons. The number of ether oxygens (including phenoxy) is 2. The molecule has 6 heteroatoms. The second-order valence-electron chi connectivity index (χ2n) is 4.75. The molecule has 0 aliphatic rings. The summed E-state index contributed by atoms with van der Waals surface area (Å²) >= 11 is 0. The highest BCUT2D eigenvalue weighted by Gasteiger charge is 2.24. The third-order valence-electron chi connectivity index (χ3n) is 3.37. The van der Waals surface area contributed by atoms with Gasteiger partial charge in [0.15, 0.2) is 0 Å². The summed E-state index contributed by atoms with van der Waals surface area (Å²) in [5.74, 6) is -0.190. The number of carbonyl (C=O) groups excluding carboxylic acids is 1. The van der Waals surface area contributed by atoms with Gasteiger partial charge in [0, 0.05) is 12.1 Å². The van der Waals surface area contributed by atoms with Crippen LogP contribution < -0.4 is 10.1 Å². The number of benzene rings is 1. The minimum Gasteiger partial charge on any atom is -0.468 e. The van der Waals surface area contributed by atoms with E-state index in [4.69, 9.17) is 4.74 Å². The first kappa shape index (κ1) is 17.4. The third kappa shape index (κ3) is 5.30. The molecule has 4 nitrogen and oxygen atoms in total. The fraction of sp³-hybridized carbons (Fsp3) is 0.533. The molecule has 0 spiro atoms. The van der Waals surface area contributed by atoms with Crippen LogP contribution in [0.4, 0.5) is 8.78 Å². The molecular weight excluding hydrogens is 280 g/mol. The Hall–Kier alpha value is -1.69. The average molecular weight is 301 g/mol. The zero-order valence-corrected chi connectivity index (χ0v) is 12.4. The van der Waals surface area contributed by atoms with Crippen LogP contribution in [0.3, 0.4) is 0 Å². The molecule has 21 heavy (non-hydrogen) atoms. The van der Waals surface area contributed by atoms with Crippen molar-refractivity contribution in [2.75, 3.05) is 7.11 Å². The molecule has 0 aromatic heterocycles. The normalized spacial score (nSPS) is 13.8. The Balaban J connectivity index is 2.78. The number of hydrogen-bond donors (Lipinski definition) is 1. The predicted octanol–water partition coefficient (Wildman–Crippen LogP) is 2.97. The van der Waals surface area contributed by atoms with Crippen LogP contribution in [-0.4, -0.2) is 25.7 Å². The summed E-state index contributed by atoms with van der Waals surface area (Å²) in [6, 6.07) is 6.01. The lowest BCUT2D eigenvalue weighted by atomic mass is 9.99. The summed E-state index contributed by atoms with van der Waals surface area (Å²) in [6.07, 6.45) is 0.794. The van der Waals surface area contributed by atoms with E-state index in [0.29, 0.717) is 5.56 Å². The molecule has 1 N–H and O–H groups in total. The molecule has 2 unspecified atom stereocenters. The van der Waals surface area contributed by atoms with Crippen LogP contribution in [0.1, 0.15) is 25.8 Å². The number of methoxy groups -OCH3 is 1. The lowest BCUT2D eigenvalue weighted by Crippen LogP contribution is -2.42. The van der Waals surface area contributed by atoms with Crippen molar-refractivity contribution in [2.24, 2.45) is 5.92 Å². The molecular formula is C15H21F2NO3. The summed E-state index contributed by atoms with van der Waals surface area (Å²) < 4.78 is 33.9. The van der Waals surface area contributed by atoms with Crippen LogP contribution in [0.15, 0.2) is 24.3 Å². The number of hydrogen-bond acceptors (Lipinski definition) is 4. The average Bonchev–Trinajstić information content (AvgIpc) is 2.47. The third-order valence-corrected chi connectivity index (χ3v) is 3.37. The number of esters is 1. The van der Waals surface area contributed by atoms with Crippen molar-refractivity contribution >= 4 is 5.97 Å². The Morgan fingerprint density at radius 2 is 2.00 bits per heavy atom. The van der Waals surface area contributed by atoms with Crippen molar-refractivity contribution in [3.63, 3.8) is 0 Å². The maximum Gasteiger partial charge on any atom is 0.387 e. The molecule has 0 amide bonds. The van der Waals surface area contributed by atoms with Crippen molar-refractivity contribution < 1.29 is 23.0 Å². The molecule has 1 rings (SSSR count). The first-order valence-corrected chi connectivity index (χ1v) is 6.83. The van der Waals surface area contributed by atoms with Gasteiger partial charge in [-0.05, 0) is 12.0 Å². The Morgan fingerprint density at radius 1 is 1.33 bits per heavy atom. The van der Waals surface area contributed by atoms with Gasteiger partial charge in [-0.15, -0.1) is 0 Å². The highest BCUT2D eigenvalue weighted by atomic mass is 19.3. The molecule has 1 aromatic carbocycles. The van der Waals surface area contributed by atoms with E-state index in [9.17, 15) is 13.6 Å². The number of rotatable bonds is 8. The molecule has 2 atom stereocenters. The van der Waals surface area contributed by atoms with Crippen LogP contribution >= 0.6 is 0 Å². The summed E-state index contributed by atoms with van der Waals surface area (Å²) in [6.45, 7) is 1.26. The lowest BCUT2D eigenvalue weighted by Gasteiger charge is -2.22. The van der Waals surface area contributed by atoms with Gasteiger partial charge in [0.1, 0.15) is 11.8 Å². The van der Waals surface area contributed by atoms with Gasteiger partial charge >= 0.3 is 12.6 Å². The minimum absolute atomic E-state index is 0.0700. The molecule has 0 aliphatic carbocycles. The second-order valence-corrected chi connectivity index (χ2v) is 4.75. The molecule has 0 saturated heterocycles. The van der Waals surface area contributed by atoms with Crippen molar-refractivity contribution in [1.29, 1.82) is 0 Å². The summed E-state index contributed by atoms with van der Waals surface area (Å²) in [4.78, 5) is 11.8. The zero-order valence-electron chi connectivity index (χ0n) is 12.4. The molecule has 0 saturated carbocycles. The number of nitrogens with one attached hydrogen (secondary N) is 1. The second kappa shape index (κ2) is 8.56. The van der Waals surface area contributed by atoms with E-state index in [1.54, 1.807) is 18.2 Å². The van der Waals surface area contributed by atoms with E-state index in [2.05, 4.69) is 10.1 Å². The molecule has 1 aromatic rings. The highest BCUT2D eigenvalue weighted by Crippen LogP contribution is 2.21. The van der Waals surface area contributed by atoms with Crippen molar-refractivity contribution in [3.8, 4) is 5.75 Å². The molecule has 0 aliphatic heterocycles. The van der Waals surface area contributed by atoms with Gasteiger partial charge in [-0.3, -0.25) is 10.1 Å². The van der Waals surface area contributed by atoms with E-state index in [1.807, 2.05) is 13.8 Å². The number of carbonyl (C=O) groups is 1. The maximum atomic E-state index is 12.3. The van der Waals surface area contributed by atoms with Crippen LogP contribution in [0.25, 0.3) is 0 Å². The topological polar surface area (TPSA) is 47.6 Å². The molecule has 0 fully saturated rings. The Morgan fingerprint density at radius 3 is 2.57 bits per heavy atom. The van der Waals surface area contributed by atoms with Crippen LogP contribution in [-0.2, 0) is 16.1 Å². The van der Waals surface area contributed by atoms with Gasteiger partial charge in [-0.2, -0.15) is 8.78 Å². The van der Waals surface area contributed by atoms with Gasteiger partial charge in [-0.25, -0.2) is 0 Å². The Bertz CT molecular complexity index is 454. The quantitative estimate of drug-likeness (QED) is 0.750. The summed E-state index contributed by atoms with van der Waals surface area (Å²) in [5, 5.41) is 3.05. The zero-order chi connectivity index (χ0) is 15.8.